The van der Waals surface area contributed by atoms with Crippen LogP contribution in [-0.2, 0) is 26.3 Å². The zero-order chi connectivity index (χ0) is 17.4. The standard InChI is InChI=1S/C17H23NO4S/c1-11-7-13(17(3,4)5)8-12(2)16(11)15-9-14(18-22-15)10-21-23(6,19)20/h7-9H,10H2,1-6H3. The Morgan fingerprint density at radius 3 is 2.17 bits per heavy atom. The van der Waals surface area contributed by atoms with E-state index in [2.05, 4.69) is 38.1 Å². The number of aromatic nitrogens is 1. The van der Waals surface area contributed by atoms with Crippen molar-refractivity contribution < 1.29 is 17.1 Å². The first-order valence-electron chi connectivity index (χ1n) is 7.39. The molecule has 0 atom stereocenters. The molecule has 0 aliphatic carbocycles. The van der Waals surface area contributed by atoms with Crippen molar-refractivity contribution in [3.05, 3.63) is 40.6 Å². The van der Waals surface area contributed by atoms with Crippen molar-refractivity contribution in [1.82, 2.24) is 5.16 Å². The number of hydrogen-bond acceptors (Lipinski definition) is 5. The van der Waals surface area contributed by atoms with Crippen LogP contribution in [-0.4, -0.2) is 19.8 Å². The zero-order valence-electron chi connectivity index (χ0n) is 14.4. The third kappa shape index (κ3) is 4.42. The highest BCUT2D eigenvalue weighted by Crippen LogP contribution is 2.33. The van der Waals surface area contributed by atoms with E-state index in [4.69, 9.17) is 8.71 Å². The van der Waals surface area contributed by atoms with E-state index in [9.17, 15) is 8.42 Å². The van der Waals surface area contributed by atoms with E-state index in [-0.39, 0.29) is 12.0 Å². The van der Waals surface area contributed by atoms with E-state index in [0.29, 0.717) is 11.5 Å². The third-order valence-corrected chi connectivity index (χ3v) is 4.17. The van der Waals surface area contributed by atoms with E-state index < -0.39 is 10.1 Å². The molecule has 2 aromatic rings. The van der Waals surface area contributed by atoms with Gasteiger partial charge in [0.05, 0.1) is 6.26 Å². The summed E-state index contributed by atoms with van der Waals surface area (Å²) >= 11 is 0. The molecule has 0 fully saturated rings. The lowest BCUT2D eigenvalue weighted by molar-refractivity contribution is 0.296. The second kappa shape index (κ2) is 6.09. The molecule has 0 aliphatic heterocycles. The van der Waals surface area contributed by atoms with E-state index in [0.717, 1.165) is 22.9 Å². The molecule has 126 valence electrons. The van der Waals surface area contributed by atoms with Crippen LogP contribution in [0.5, 0.6) is 0 Å². The molecule has 0 spiro atoms. The van der Waals surface area contributed by atoms with Gasteiger partial charge in [0.15, 0.2) is 5.76 Å². The molecule has 0 amide bonds. The molecule has 1 heterocycles. The summed E-state index contributed by atoms with van der Waals surface area (Å²) in [6, 6.07) is 6.02. The first kappa shape index (κ1) is 17.7. The Balaban J connectivity index is 2.34. The first-order valence-corrected chi connectivity index (χ1v) is 9.21. The normalized spacial score (nSPS) is 12.6. The van der Waals surface area contributed by atoms with Gasteiger partial charge in [0.2, 0.25) is 0 Å². The molecular weight excluding hydrogens is 314 g/mol. The van der Waals surface area contributed by atoms with Gasteiger partial charge in [-0.05, 0) is 36.0 Å². The summed E-state index contributed by atoms with van der Waals surface area (Å²) in [5, 5.41) is 3.88. The molecule has 0 N–H and O–H groups in total. The predicted molar refractivity (Wildman–Crippen MR) is 89.7 cm³/mol. The second-order valence-corrected chi connectivity index (χ2v) is 8.53. The summed E-state index contributed by atoms with van der Waals surface area (Å²) in [7, 11) is -3.50. The van der Waals surface area contributed by atoms with Gasteiger partial charge in [-0.1, -0.05) is 38.1 Å². The van der Waals surface area contributed by atoms with Crippen LogP contribution in [0.3, 0.4) is 0 Å². The molecule has 2 rings (SSSR count). The fraction of sp³-hybridized carbons (Fsp3) is 0.471. The van der Waals surface area contributed by atoms with Crippen molar-refractivity contribution in [3.63, 3.8) is 0 Å². The van der Waals surface area contributed by atoms with Crippen molar-refractivity contribution in [3.8, 4) is 11.3 Å². The molecular formula is C17H23NO4S. The largest absolute Gasteiger partial charge is 0.356 e. The van der Waals surface area contributed by atoms with E-state index in [1.807, 2.05) is 13.8 Å². The van der Waals surface area contributed by atoms with Gasteiger partial charge in [0.25, 0.3) is 10.1 Å². The van der Waals surface area contributed by atoms with Gasteiger partial charge in [0.1, 0.15) is 12.3 Å². The molecule has 0 saturated carbocycles. The summed E-state index contributed by atoms with van der Waals surface area (Å²) in [6.07, 6.45) is 1.01. The van der Waals surface area contributed by atoms with Crippen LogP contribution in [0.15, 0.2) is 22.7 Å². The Hall–Kier alpha value is -1.66. The average Bonchev–Trinajstić information content (AvgIpc) is 2.82. The monoisotopic (exact) mass is 337 g/mol. The lowest BCUT2D eigenvalue weighted by Crippen LogP contribution is -2.12. The molecule has 0 radical (unpaired) electrons. The molecule has 6 heteroatoms. The number of aryl methyl sites for hydroxylation is 2. The van der Waals surface area contributed by atoms with Crippen molar-refractivity contribution in [1.29, 1.82) is 0 Å². The molecule has 0 saturated heterocycles. The fourth-order valence-corrected chi connectivity index (χ4v) is 2.79. The second-order valence-electron chi connectivity index (χ2n) is 6.88. The summed E-state index contributed by atoms with van der Waals surface area (Å²) < 4.78 is 32.2. The van der Waals surface area contributed by atoms with Crippen LogP contribution < -0.4 is 0 Å². The van der Waals surface area contributed by atoms with Crippen molar-refractivity contribution >= 4 is 10.1 Å². The Kier molecular flexibility index (Phi) is 4.69. The maximum Gasteiger partial charge on any atom is 0.264 e. The topological polar surface area (TPSA) is 69.4 Å². The quantitative estimate of drug-likeness (QED) is 0.795. The lowest BCUT2D eigenvalue weighted by Gasteiger charge is -2.21. The molecule has 5 nitrogen and oxygen atoms in total. The Bertz CT molecular complexity index is 790. The number of hydrogen-bond donors (Lipinski definition) is 0. The molecule has 1 aromatic carbocycles. The van der Waals surface area contributed by atoms with E-state index in [1.54, 1.807) is 6.07 Å². The highest BCUT2D eigenvalue weighted by Gasteiger charge is 2.19. The van der Waals surface area contributed by atoms with E-state index in [1.165, 1.54) is 5.56 Å². The fourth-order valence-electron chi connectivity index (χ4n) is 2.45. The summed E-state index contributed by atoms with van der Waals surface area (Å²) in [5.41, 5.74) is 4.96. The summed E-state index contributed by atoms with van der Waals surface area (Å²) in [5.74, 6) is 0.618. The molecule has 1 aromatic heterocycles. The van der Waals surface area contributed by atoms with Gasteiger partial charge in [0, 0.05) is 11.6 Å². The Labute approximate surface area is 137 Å². The minimum absolute atomic E-state index is 0.0734. The van der Waals surface area contributed by atoms with Crippen LogP contribution in [0.1, 0.15) is 43.2 Å². The molecule has 23 heavy (non-hydrogen) atoms. The van der Waals surface area contributed by atoms with Crippen LogP contribution in [0.2, 0.25) is 0 Å². The minimum atomic E-state index is -3.50. The van der Waals surface area contributed by atoms with Crippen LogP contribution in [0.25, 0.3) is 11.3 Å². The minimum Gasteiger partial charge on any atom is -0.356 e. The van der Waals surface area contributed by atoms with Gasteiger partial charge in [-0.15, -0.1) is 0 Å². The van der Waals surface area contributed by atoms with Crippen LogP contribution in [0, 0.1) is 13.8 Å². The van der Waals surface area contributed by atoms with Crippen molar-refractivity contribution in [2.24, 2.45) is 0 Å². The maximum atomic E-state index is 11.0. The highest BCUT2D eigenvalue weighted by atomic mass is 32.2. The summed E-state index contributed by atoms with van der Waals surface area (Å²) in [6.45, 7) is 10.5. The Morgan fingerprint density at radius 1 is 1.13 bits per heavy atom. The van der Waals surface area contributed by atoms with Gasteiger partial charge in [-0.2, -0.15) is 8.42 Å². The van der Waals surface area contributed by atoms with Gasteiger partial charge >= 0.3 is 0 Å². The number of benzene rings is 1. The number of rotatable bonds is 4. The summed E-state index contributed by atoms with van der Waals surface area (Å²) in [4.78, 5) is 0. The van der Waals surface area contributed by atoms with Crippen molar-refractivity contribution in [2.75, 3.05) is 6.26 Å². The molecule has 0 unspecified atom stereocenters. The third-order valence-electron chi connectivity index (χ3n) is 3.62. The lowest BCUT2D eigenvalue weighted by atomic mass is 9.83. The molecule has 0 aliphatic rings. The van der Waals surface area contributed by atoms with Crippen molar-refractivity contribution in [2.45, 2.75) is 46.6 Å². The van der Waals surface area contributed by atoms with Gasteiger partial charge in [-0.25, -0.2) is 0 Å². The Morgan fingerprint density at radius 2 is 1.70 bits per heavy atom. The average molecular weight is 337 g/mol. The van der Waals surface area contributed by atoms with Gasteiger partial charge in [-0.3, -0.25) is 4.18 Å². The molecule has 0 bridgehead atoms. The predicted octanol–water partition coefficient (Wildman–Crippen LogP) is 3.73. The van der Waals surface area contributed by atoms with Crippen LogP contribution in [0.4, 0.5) is 0 Å². The maximum absolute atomic E-state index is 11.0. The smallest absolute Gasteiger partial charge is 0.264 e. The van der Waals surface area contributed by atoms with Gasteiger partial charge < -0.3 is 4.52 Å². The van der Waals surface area contributed by atoms with E-state index >= 15 is 0 Å². The van der Waals surface area contributed by atoms with Crippen LogP contribution >= 0.6 is 0 Å². The number of nitrogens with zero attached hydrogens (tertiary/aromatic N) is 1. The first-order chi connectivity index (χ1) is 10.5. The SMILES string of the molecule is Cc1cc(C(C)(C)C)cc(C)c1-c1cc(COS(C)(=O)=O)no1. The highest BCUT2D eigenvalue weighted by molar-refractivity contribution is 7.85. The zero-order valence-corrected chi connectivity index (χ0v) is 15.2.